The molecule has 17 heavy (non-hydrogen) atoms. The molecule has 1 heterocycles. The summed E-state index contributed by atoms with van der Waals surface area (Å²) in [5.41, 5.74) is 0.0753. The van der Waals surface area contributed by atoms with E-state index in [0.717, 1.165) is 19.6 Å². The maximum absolute atomic E-state index is 12.0. The first-order valence-electron chi connectivity index (χ1n) is 6.46. The lowest BCUT2D eigenvalue weighted by Crippen LogP contribution is -2.49. The van der Waals surface area contributed by atoms with Gasteiger partial charge in [0.15, 0.2) is 0 Å². The molecule has 0 unspecified atom stereocenters. The zero-order chi connectivity index (χ0) is 13.1. The molecule has 100 valence electrons. The second-order valence-corrected chi connectivity index (χ2v) is 5.98. The quantitative estimate of drug-likeness (QED) is 0.813. The third-order valence-corrected chi connectivity index (χ3v) is 2.77. The van der Waals surface area contributed by atoms with Crippen LogP contribution in [-0.2, 0) is 9.53 Å². The molecule has 1 fully saturated rings. The van der Waals surface area contributed by atoms with Gasteiger partial charge in [0.2, 0.25) is 5.91 Å². The summed E-state index contributed by atoms with van der Waals surface area (Å²) in [6.45, 7) is 12.5. The van der Waals surface area contributed by atoms with Crippen LogP contribution < -0.4 is 5.32 Å². The monoisotopic (exact) mass is 242 g/mol. The second kappa shape index (κ2) is 5.83. The number of hydrogen-bond donors (Lipinski definition) is 1. The summed E-state index contributed by atoms with van der Waals surface area (Å²) in [7, 11) is 0. The largest absolute Gasteiger partial charge is 0.372 e. The van der Waals surface area contributed by atoms with Crippen molar-refractivity contribution in [3.05, 3.63) is 0 Å². The smallest absolute Gasteiger partial charge is 0.224 e. The predicted octanol–water partition coefficient (Wildman–Crippen LogP) is 1.40. The van der Waals surface area contributed by atoms with Gasteiger partial charge in [-0.3, -0.25) is 4.79 Å². The first-order valence-corrected chi connectivity index (χ1v) is 6.46. The van der Waals surface area contributed by atoms with Crippen molar-refractivity contribution >= 4 is 5.91 Å². The molecule has 0 saturated carbocycles. The lowest BCUT2D eigenvalue weighted by Gasteiger charge is -2.35. The minimum absolute atomic E-state index is 0.0753. The summed E-state index contributed by atoms with van der Waals surface area (Å²) in [4.78, 5) is 13.9. The van der Waals surface area contributed by atoms with Crippen molar-refractivity contribution in [2.24, 2.45) is 0 Å². The second-order valence-electron chi connectivity index (χ2n) is 5.98. The van der Waals surface area contributed by atoms with Gasteiger partial charge >= 0.3 is 0 Å². The van der Waals surface area contributed by atoms with Gasteiger partial charge in [-0.2, -0.15) is 0 Å². The molecule has 0 aromatic carbocycles. The normalized spacial score (nSPS) is 26.1. The highest BCUT2D eigenvalue weighted by Crippen LogP contribution is 2.11. The first-order chi connectivity index (χ1) is 7.78. The Morgan fingerprint density at radius 3 is 2.29 bits per heavy atom. The molecule has 0 aromatic heterocycles. The molecule has 1 aliphatic rings. The van der Waals surface area contributed by atoms with E-state index in [4.69, 9.17) is 4.74 Å². The topological polar surface area (TPSA) is 41.6 Å². The number of nitrogens with one attached hydrogen (secondary N) is 1. The van der Waals surface area contributed by atoms with Gasteiger partial charge in [-0.1, -0.05) is 0 Å². The Morgan fingerprint density at radius 2 is 1.82 bits per heavy atom. The van der Waals surface area contributed by atoms with E-state index >= 15 is 0 Å². The fourth-order valence-electron chi connectivity index (χ4n) is 2.08. The van der Waals surface area contributed by atoms with Crippen LogP contribution in [-0.4, -0.2) is 48.2 Å². The fourth-order valence-corrected chi connectivity index (χ4v) is 2.08. The zero-order valence-electron chi connectivity index (χ0n) is 11.7. The molecule has 4 nitrogen and oxygen atoms in total. The summed E-state index contributed by atoms with van der Waals surface area (Å²) in [5.74, 6) is 0.226. The van der Waals surface area contributed by atoms with Crippen LogP contribution in [0.5, 0.6) is 0 Å². The van der Waals surface area contributed by atoms with Crippen LogP contribution >= 0.6 is 0 Å². The van der Waals surface area contributed by atoms with Gasteiger partial charge < -0.3 is 15.0 Å². The van der Waals surface area contributed by atoms with Crippen molar-refractivity contribution in [1.29, 1.82) is 0 Å². The van der Waals surface area contributed by atoms with Crippen LogP contribution in [0.4, 0.5) is 0 Å². The number of ether oxygens (including phenoxy) is 1. The number of carbonyl (C=O) groups excluding carboxylic acids is 1. The van der Waals surface area contributed by atoms with Gasteiger partial charge in [0.1, 0.15) is 0 Å². The number of hydrogen-bond acceptors (Lipinski definition) is 3. The summed E-state index contributed by atoms with van der Waals surface area (Å²) >= 11 is 0. The lowest BCUT2D eigenvalue weighted by atomic mass is 10.1. The molecule has 0 aromatic rings. The number of morpholine rings is 1. The highest BCUT2D eigenvalue weighted by molar-refractivity contribution is 5.76. The third kappa shape index (κ3) is 5.50. The molecule has 1 aliphatic heterocycles. The van der Waals surface area contributed by atoms with Crippen LogP contribution in [0.2, 0.25) is 0 Å². The molecule has 1 saturated heterocycles. The molecule has 0 spiro atoms. The third-order valence-electron chi connectivity index (χ3n) is 2.77. The summed E-state index contributed by atoms with van der Waals surface area (Å²) in [6.07, 6.45) is 0.869. The van der Waals surface area contributed by atoms with Crippen molar-refractivity contribution in [3.8, 4) is 0 Å². The van der Waals surface area contributed by atoms with Gasteiger partial charge in [-0.25, -0.2) is 0 Å². The van der Waals surface area contributed by atoms with Crippen molar-refractivity contribution in [2.45, 2.75) is 58.8 Å². The van der Waals surface area contributed by atoms with Crippen LogP contribution in [0.3, 0.4) is 0 Å². The van der Waals surface area contributed by atoms with E-state index in [2.05, 4.69) is 26.1 Å². The number of rotatable bonds is 3. The van der Waals surface area contributed by atoms with Gasteiger partial charge in [0.05, 0.1) is 12.2 Å². The van der Waals surface area contributed by atoms with E-state index in [1.54, 1.807) is 0 Å². The number of nitrogens with zero attached hydrogens (tertiary/aromatic N) is 1. The number of carbonyl (C=O) groups is 1. The molecule has 4 heteroatoms. The number of amides is 1. The van der Waals surface area contributed by atoms with Crippen LogP contribution in [0.25, 0.3) is 0 Å². The molecule has 2 atom stereocenters. The lowest BCUT2D eigenvalue weighted by molar-refractivity contribution is -0.143. The molecule has 1 rings (SSSR count). The van der Waals surface area contributed by atoms with Crippen LogP contribution in [0, 0.1) is 0 Å². The molecular weight excluding hydrogens is 216 g/mol. The fraction of sp³-hybridized carbons (Fsp3) is 0.923. The van der Waals surface area contributed by atoms with Crippen LogP contribution in [0.15, 0.2) is 0 Å². The van der Waals surface area contributed by atoms with E-state index < -0.39 is 0 Å². The average Bonchev–Trinajstić information content (AvgIpc) is 2.13. The van der Waals surface area contributed by atoms with Gasteiger partial charge in [0.25, 0.3) is 0 Å². The molecular formula is C13H26N2O2. The van der Waals surface area contributed by atoms with Crippen LogP contribution in [0.1, 0.15) is 41.0 Å². The van der Waals surface area contributed by atoms with E-state index in [-0.39, 0.29) is 23.7 Å². The zero-order valence-corrected chi connectivity index (χ0v) is 11.7. The Bertz CT molecular complexity index is 251. The minimum Gasteiger partial charge on any atom is -0.372 e. The SMILES string of the molecule is C[C@@H]1CN(C(=O)CCNC(C)(C)C)C[C@H](C)O1. The minimum atomic E-state index is 0.0753. The average molecular weight is 242 g/mol. The molecule has 0 bridgehead atoms. The molecule has 1 amide bonds. The Kier molecular flexibility index (Phi) is 4.95. The van der Waals surface area contributed by atoms with Crippen molar-refractivity contribution in [3.63, 3.8) is 0 Å². The van der Waals surface area contributed by atoms with Gasteiger partial charge in [-0.15, -0.1) is 0 Å². The predicted molar refractivity (Wildman–Crippen MR) is 69.0 cm³/mol. The van der Waals surface area contributed by atoms with E-state index in [9.17, 15) is 4.79 Å². The van der Waals surface area contributed by atoms with Gasteiger partial charge in [-0.05, 0) is 34.6 Å². The Labute approximate surface area is 105 Å². The maximum atomic E-state index is 12.0. The van der Waals surface area contributed by atoms with Gasteiger partial charge in [0, 0.05) is 31.6 Å². The van der Waals surface area contributed by atoms with Crippen molar-refractivity contribution < 1.29 is 9.53 Å². The van der Waals surface area contributed by atoms with E-state index in [1.165, 1.54) is 0 Å². The molecule has 1 N–H and O–H groups in total. The highest BCUT2D eigenvalue weighted by Gasteiger charge is 2.25. The Morgan fingerprint density at radius 1 is 1.29 bits per heavy atom. The molecule has 0 radical (unpaired) electrons. The highest BCUT2D eigenvalue weighted by atomic mass is 16.5. The summed E-state index contributed by atoms with van der Waals surface area (Å²) in [5, 5.41) is 3.34. The van der Waals surface area contributed by atoms with E-state index in [1.807, 2.05) is 18.7 Å². The standard InChI is InChI=1S/C13H26N2O2/c1-10-8-15(9-11(2)17-10)12(16)6-7-14-13(3,4)5/h10-11,14H,6-9H2,1-5H3/t10-,11+. The van der Waals surface area contributed by atoms with Crippen molar-refractivity contribution in [2.75, 3.05) is 19.6 Å². The summed E-state index contributed by atoms with van der Waals surface area (Å²) < 4.78 is 5.62. The van der Waals surface area contributed by atoms with Crippen molar-refractivity contribution in [1.82, 2.24) is 10.2 Å². The molecule has 0 aliphatic carbocycles. The Hall–Kier alpha value is -0.610. The Balaban J connectivity index is 2.32. The first kappa shape index (κ1) is 14.5. The maximum Gasteiger partial charge on any atom is 0.224 e. The summed E-state index contributed by atoms with van der Waals surface area (Å²) in [6, 6.07) is 0. The van der Waals surface area contributed by atoms with E-state index in [0.29, 0.717) is 6.42 Å².